The van der Waals surface area contributed by atoms with Gasteiger partial charge in [0.2, 0.25) is 0 Å². The molecule has 0 aliphatic carbocycles. The van der Waals surface area contributed by atoms with Gasteiger partial charge in [-0.3, -0.25) is 4.79 Å². The number of anilines is 1. The normalized spacial score (nSPS) is 10.2. The maximum absolute atomic E-state index is 12.1. The highest BCUT2D eigenvalue weighted by molar-refractivity contribution is 6.30. The van der Waals surface area contributed by atoms with Crippen LogP contribution in [0.15, 0.2) is 36.4 Å². The molecule has 4 N–H and O–H groups in total. The number of aryl methyl sites for hydroxylation is 1. The Balaban J connectivity index is 1.92. The molecule has 0 saturated heterocycles. The Kier molecular flexibility index (Phi) is 5.14. The second-order valence-corrected chi connectivity index (χ2v) is 5.10. The van der Waals surface area contributed by atoms with Crippen LogP contribution in [-0.4, -0.2) is 17.4 Å². The number of nitrogens with zero attached hydrogens (tertiary/aromatic N) is 1. The van der Waals surface area contributed by atoms with E-state index in [4.69, 9.17) is 17.4 Å². The minimum Gasteiger partial charge on any atom is -0.352 e. The van der Waals surface area contributed by atoms with Gasteiger partial charge in [-0.25, -0.2) is 10.8 Å². The predicted octanol–water partition coefficient (Wildman–Crippen LogP) is 2.30. The molecule has 110 valence electrons. The van der Waals surface area contributed by atoms with Crippen molar-refractivity contribution in [2.45, 2.75) is 13.3 Å². The topological polar surface area (TPSA) is 80.0 Å². The largest absolute Gasteiger partial charge is 0.352 e. The van der Waals surface area contributed by atoms with E-state index in [1.807, 2.05) is 31.2 Å². The average Bonchev–Trinajstić information content (AvgIpc) is 2.48. The third-order valence-electron chi connectivity index (χ3n) is 2.98. The van der Waals surface area contributed by atoms with Crippen LogP contribution in [0.3, 0.4) is 0 Å². The van der Waals surface area contributed by atoms with E-state index in [-0.39, 0.29) is 5.91 Å². The summed E-state index contributed by atoms with van der Waals surface area (Å²) in [6.07, 6.45) is 0.745. The average molecular weight is 305 g/mol. The number of amides is 1. The van der Waals surface area contributed by atoms with Crippen molar-refractivity contribution in [1.82, 2.24) is 10.3 Å². The Morgan fingerprint density at radius 2 is 2.00 bits per heavy atom. The van der Waals surface area contributed by atoms with Crippen molar-refractivity contribution in [2.75, 3.05) is 12.0 Å². The van der Waals surface area contributed by atoms with E-state index < -0.39 is 0 Å². The van der Waals surface area contributed by atoms with Crippen molar-refractivity contribution >= 4 is 23.3 Å². The fourth-order valence-corrected chi connectivity index (χ4v) is 2.07. The van der Waals surface area contributed by atoms with Crippen molar-refractivity contribution in [2.24, 2.45) is 5.84 Å². The lowest BCUT2D eigenvalue weighted by Gasteiger charge is -2.08. The molecule has 0 aliphatic rings. The Hall–Kier alpha value is -2.11. The van der Waals surface area contributed by atoms with Crippen LogP contribution in [0, 0.1) is 6.92 Å². The van der Waals surface area contributed by atoms with Crippen molar-refractivity contribution in [1.29, 1.82) is 0 Å². The zero-order valence-corrected chi connectivity index (χ0v) is 12.4. The molecular weight excluding hydrogens is 288 g/mol. The molecule has 0 spiro atoms. The molecule has 1 aromatic carbocycles. The maximum atomic E-state index is 12.1. The number of benzene rings is 1. The molecule has 1 heterocycles. The van der Waals surface area contributed by atoms with Gasteiger partial charge in [0.15, 0.2) is 0 Å². The monoisotopic (exact) mass is 304 g/mol. The molecule has 0 atom stereocenters. The zero-order valence-electron chi connectivity index (χ0n) is 11.7. The number of nitrogens with one attached hydrogen (secondary N) is 2. The fraction of sp³-hybridized carbons (Fsp3) is 0.200. The fourth-order valence-electron chi connectivity index (χ4n) is 1.95. The lowest BCUT2D eigenvalue weighted by atomic mass is 10.1. The minimum atomic E-state index is -0.147. The molecule has 6 heteroatoms. The number of halogens is 1. The summed E-state index contributed by atoms with van der Waals surface area (Å²) in [5.74, 6) is 5.64. The summed E-state index contributed by atoms with van der Waals surface area (Å²) in [5, 5.41) is 3.58. The van der Waals surface area contributed by atoms with Gasteiger partial charge in [0.1, 0.15) is 5.82 Å². The first-order valence-corrected chi connectivity index (χ1v) is 6.94. The van der Waals surface area contributed by atoms with Crippen LogP contribution in [-0.2, 0) is 6.42 Å². The van der Waals surface area contributed by atoms with Gasteiger partial charge in [-0.2, -0.15) is 0 Å². The number of hydrogen-bond donors (Lipinski definition) is 3. The molecule has 0 unspecified atom stereocenters. The molecule has 1 amide bonds. The Morgan fingerprint density at radius 3 is 2.67 bits per heavy atom. The first kappa shape index (κ1) is 15.3. The highest BCUT2D eigenvalue weighted by atomic mass is 35.5. The number of pyridine rings is 1. The van der Waals surface area contributed by atoms with E-state index in [0.29, 0.717) is 22.9 Å². The number of aromatic nitrogens is 1. The Morgan fingerprint density at radius 1 is 1.29 bits per heavy atom. The molecule has 0 bridgehead atoms. The number of carbonyl (C=O) groups excluding carboxylic acids is 1. The van der Waals surface area contributed by atoms with E-state index in [2.05, 4.69) is 15.7 Å². The van der Waals surface area contributed by atoms with Crippen molar-refractivity contribution < 1.29 is 4.79 Å². The SMILES string of the molecule is Cc1cc(C(=O)NCCc2ccc(Cl)cc2)cc(NN)n1. The first-order valence-electron chi connectivity index (χ1n) is 6.56. The second kappa shape index (κ2) is 7.06. The lowest BCUT2D eigenvalue weighted by molar-refractivity contribution is 0.0954. The summed E-state index contributed by atoms with van der Waals surface area (Å²) >= 11 is 5.83. The number of nitrogens with two attached hydrogens (primary N) is 1. The standard InChI is InChI=1S/C15H17ClN4O/c1-10-8-12(9-14(19-10)20-17)15(21)18-7-6-11-2-4-13(16)5-3-11/h2-5,8-9H,6-7,17H2,1H3,(H,18,21)(H,19,20). The number of carbonyl (C=O) groups is 1. The number of nitrogen functional groups attached to an aromatic ring is 1. The van der Waals surface area contributed by atoms with E-state index in [9.17, 15) is 4.79 Å². The second-order valence-electron chi connectivity index (χ2n) is 4.66. The number of hydrogen-bond acceptors (Lipinski definition) is 4. The van der Waals surface area contributed by atoms with Gasteiger partial charge >= 0.3 is 0 Å². The van der Waals surface area contributed by atoms with Crippen LogP contribution in [0.25, 0.3) is 0 Å². The highest BCUT2D eigenvalue weighted by Crippen LogP contribution is 2.10. The molecule has 2 aromatic rings. The smallest absolute Gasteiger partial charge is 0.251 e. The molecular formula is C15H17ClN4O. The van der Waals surface area contributed by atoms with Crippen molar-refractivity contribution in [3.05, 3.63) is 58.2 Å². The Bertz CT molecular complexity index is 628. The summed E-state index contributed by atoms with van der Waals surface area (Å²) < 4.78 is 0. The van der Waals surface area contributed by atoms with Gasteiger partial charge in [-0.1, -0.05) is 23.7 Å². The van der Waals surface area contributed by atoms with Crippen LogP contribution in [0.1, 0.15) is 21.6 Å². The number of hydrazine groups is 1. The summed E-state index contributed by atoms with van der Waals surface area (Å²) in [5.41, 5.74) is 4.83. The molecule has 2 rings (SSSR count). The summed E-state index contributed by atoms with van der Waals surface area (Å²) in [7, 11) is 0. The predicted molar refractivity (Wildman–Crippen MR) is 84.3 cm³/mol. The van der Waals surface area contributed by atoms with Gasteiger partial charge in [-0.05, 0) is 43.2 Å². The van der Waals surface area contributed by atoms with E-state index in [0.717, 1.165) is 17.7 Å². The van der Waals surface area contributed by atoms with Gasteiger partial charge in [-0.15, -0.1) is 0 Å². The van der Waals surface area contributed by atoms with Gasteiger partial charge in [0.05, 0.1) is 0 Å². The van der Waals surface area contributed by atoms with Gasteiger partial charge in [0.25, 0.3) is 5.91 Å². The van der Waals surface area contributed by atoms with Crippen molar-refractivity contribution in [3.8, 4) is 0 Å². The summed E-state index contributed by atoms with van der Waals surface area (Å²) in [6.45, 7) is 2.36. The Labute approximate surface area is 128 Å². The van der Waals surface area contributed by atoms with Crippen LogP contribution >= 0.6 is 11.6 Å². The number of rotatable bonds is 5. The minimum absolute atomic E-state index is 0.147. The zero-order chi connectivity index (χ0) is 15.2. The third-order valence-corrected chi connectivity index (χ3v) is 3.23. The maximum Gasteiger partial charge on any atom is 0.251 e. The van der Waals surface area contributed by atoms with Crippen molar-refractivity contribution in [3.63, 3.8) is 0 Å². The van der Waals surface area contributed by atoms with Gasteiger partial charge in [0, 0.05) is 22.8 Å². The van der Waals surface area contributed by atoms with Crippen LogP contribution in [0.2, 0.25) is 5.02 Å². The third kappa shape index (κ3) is 4.44. The van der Waals surface area contributed by atoms with E-state index in [1.165, 1.54) is 0 Å². The molecule has 1 aromatic heterocycles. The van der Waals surface area contributed by atoms with Gasteiger partial charge < -0.3 is 10.7 Å². The van der Waals surface area contributed by atoms with Crippen LogP contribution < -0.4 is 16.6 Å². The van der Waals surface area contributed by atoms with Crippen LogP contribution in [0.5, 0.6) is 0 Å². The molecule has 5 nitrogen and oxygen atoms in total. The first-order chi connectivity index (χ1) is 10.1. The van der Waals surface area contributed by atoms with E-state index in [1.54, 1.807) is 12.1 Å². The molecule has 21 heavy (non-hydrogen) atoms. The van der Waals surface area contributed by atoms with Crippen LogP contribution in [0.4, 0.5) is 5.82 Å². The molecule has 0 saturated carbocycles. The molecule has 0 aliphatic heterocycles. The van der Waals surface area contributed by atoms with E-state index >= 15 is 0 Å². The lowest BCUT2D eigenvalue weighted by Crippen LogP contribution is -2.26. The quantitative estimate of drug-likeness (QED) is 0.585. The molecule has 0 radical (unpaired) electrons. The highest BCUT2D eigenvalue weighted by Gasteiger charge is 2.07. The summed E-state index contributed by atoms with van der Waals surface area (Å²) in [4.78, 5) is 16.2. The molecule has 0 fully saturated rings. The summed E-state index contributed by atoms with van der Waals surface area (Å²) in [6, 6.07) is 10.9.